The molecule has 0 aliphatic heterocycles. The zero-order valence-corrected chi connectivity index (χ0v) is 16.6. The SMILES string of the molecule is CCCCCCCCCCSSc1c(C)cccc1-c1ncc[nH]1. The van der Waals surface area contributed by atoms with Gasteiger partial charge in [0.1, 0.15) is 5.82 Å². The first-order valence-electron chi connectivity index (χ1n) is 9.21. The fraction of sp³-hybridized carbons (Fsp3) is 0.550. The van der Waals surface area contributed by atoms with Gasteiger partial charge in [-0.25, -0.2) is 4.98 Å². The quantitative estimate of drug-likeness (QED) is 0.318. The van der Waals surface area contributed by atoms with Crippen molar-refractivity contribution in [2.75, 3.05) is 5.75 Å². The van der Waals surface area contributed by atoms with E-state index in [9.17, 15) is 0 Å². The Morgan fingerprint density at radius 2 is 1.75 bits per heavy atom. The van der Waals surface area contributed by atoms with Crippen molar-refractivity contribution in [1.82, 2.24) is 9.97 Å². The topological polar surface area (TPSA) is 28.7 Å². The molecule has 0 amide bonds. The minimum atomic E-state index is 0.967. The molecule has 0 radical (unpaired) electrons. The second-order valence-electron chi connectivity index (χ2n) is 6.27. The van der Waals surface area contributed by atoms with Gasteiger partial charge < -0.3 is 4.98 Å². The lowest BCUT2D eigenvalue weighted by molar-refractivity contribution is 0.586. The molecule has 24 heavy (non-hydrogen) atoms. The summed E-state index contributed by atoms with van der Waals surface area (Å²) in [6, 6.07) is 6.46. The van der Waals surface area contributed by atoms with E-state index in [1.54, 1.807) is 0 Å². The van der Waals surface area contributed by atoms with Crippen molar-refractivity contribution in [3.63, 3.8) is 0 Å². The molecule has 0 atom stereocenters. The number of rotatable bonds is 12. The Hall–Kier alpha value is -0.870. The molecular weight excluding hydrogens is 332 g/mol. The van der Waals surface area contributed by atoms with Crippen molar-refractivity contribution in [1.29, 1.82) is 0 Å². The fourth-order valence-electron chi connectivity index (χ4n) is 2.76. The minimum Gasteiger partial charge on any atom is -0.345 e. The Morgan fingerprint density at radius 1 is 1.00 bits per heavy atom. The van der Waals surface area contributed by atoms with Gasteiger partial charge in [-0.05, 0) is 18.9 Å². The van der Waals surface area contributed by atoms with E-state index in [0.717, 1.165) is 5.82 Å². The van der Waals surface area contributed by atoms with Crippen LogP contribution >= 0.6 is 21.6 Å². The predicted molar refractivity (Wildman–Crippen MR) is 110 cm³/mol. The molecule has 0 bridgehead atoms. The number of unbranched alkanes of at least 4 members (excludes halogenated alkanes) is 7. The van der Waals surface area contributed by atoms with Crippen LogP contribution in [0.5, 0.6) is 0 Å². The molecule has 0 aliphatic rings. The van der Waals surface area contributed by atoms with Crippen molar-refractivity contribution in [3.05, 3.63) is 36.2 Å². The van der Waals surface area contributed by atoms with Gasteiger partial charge in [0.05, 0.1) is 0 Å². The first-order valence-corrected chi connectivity index (χ1v) is 11.5. The average Bonchev–Trinajstić information content (AvgIpc) is 3.12. The summed E-state index contributed by atoms with van der Waals surface area (Å²) in [5.41, 5.74) is 2.55. The molecule has 0 fully saturated rings. The third-order valence-electron chi connectivity index (χ3n) is 4.19. The maximum Gasteiger partial charge on any atom is 0.138 e. The molecule has 1 heterocycles. The van der Waals surface area contributed by atoms with Gasteiger partial charge in [-0.1, -0.05) is 91.7 Å². The number of aryl methyl sites for hydroxylation is 1. The van der Waals surface area contributed by atoms with E-state index in [1.807, 2.05) is 34.0 Å². The molecule has 132 valence electrons. The normalized spacial score (nSPS) is 11.1. The lowest BCUT2D eigenvalue weighted by atomic mass is 10.1. The lowest BCUT2D eigenvalue weighted by Gasteiger charge is -2.10. The number of H-pyrrole nitrogens is 1. The van der Waals surface area contributed by atoms with Crippen molar-refractivity contribution in [2.24, 2.45) is 0 Å². The van der Waals surface area contributed by atoms with Gasteiger partial charge in [0, 0.05) is 28.6 Å². The Balaban J connectivity index is 1.68. The van der Waals surface area contributed by atoms with Gasteiger partial charge in [-0.2, -0.15) is 0 Å². The van der Waals surface area contributed by atoms with Gasteiger partial charge in [-0.3, -0.25) is 0 Å². The van der Waals surface area contributed by atoms with Crippen LogP contribution in [0, 0.1) is 6.92 Å². The number of aromatic amines is 1. The van der Waals surface area contributed by atoms with Crippen molar-refractivity contribution in [2.45, 2.75) is 70.1 Å². The molecule has 0 saturated heterocycles. The second-order valence-corrected chi connectivity index (χ2v) is 8.70. The van der Waals surface area contributed by atoms with Crippen molar-refractivity contribution < 1.29 is 0 Å². The molecule has 1 aromatic heterocycles. The van der Waals surface area contributed by atoms with E-state index in [1.165, 1.54) is 73.1 Å². The van der Waals surface area contributed by atoms with Crippen molar-refractivity contribution >= 4 is 21.6 Å². The van der Waals surface area contributed by atoms with Crippen LogP contribution in [0.1, 0.15) is 63.9 Å². The monoisotopic (exact) mass is 362 g/mol. The average molecular weight is 363 g/mol. The van der Waals surface area contributed by atoms with E-state index >= 15 is 0 Å². The summed E-state index contributed by atoms with van der Waals surface area (Å²) in [6.45, 7) is 4.46. The van der Waals surface area contributed by atoms with Crippen LogP contribution in [-0.2, 0) is 0 Å². The van der Waals surface area contributed by atoms with Gasteiger partial charge in [0.15, 0.2) is 0 Å². The van der Waals surface area contributed by atoms with Gasteiger partial charge in [-0.15, -0.1) is 0 Å². The molecule has 0 spiro atoms. The lowest BCUT2D eigenvalue weighted by Crippen LogP contribution is -1.88. The molecule has 0 unspecified atom stereocenters. The van der Waals surface area contributed by atoms with Gasteiger partial charge in [0.2, 0.25) is 0 Å². The Labute approximate surface area is 155 Å². The fourth-order valence-corrected chi connectivity index (χ4v) is 5.36. The molecule has 1 N–H and O–H groups in total. The largest absolute Gasteiger partial charge is 0.345 e. The summed E-state index contributed by atoms with van der Waals surface area (Å²) in [5, 5.41) is 0. The number of hydrogen-bond acceptors (Lipinski definition) is 3. The maximum absolute atomic E-state index is 4.41. The van der Waals surface area contributed by atoms with Gasteiger partial charge in [0.25, 0.3) is 0 Å². The smallest absolute Gasteiger partial charge is 0.138 e. The third-order valence-corrected chi connectivity index (χ3v) is 6.82. The predicted octanol–water partition coefficient (Wildman–Crippen LogP) is 7.27. The summed E-state index contributed by atoms with van der Waals surface area (Å²) < 4.78 is 0. The highest BCUT2D eigenvalue weighted by Crippen LogP contribution is 2.39. The highest BCUT2D eigenvalue weighted by molar-refractivity contribution is 8.76. The molecule has 1 aromatic carbocycles. The van der Waals surface area contributed by atoms with Crippen LogP contribution in [0.4, 0.5) is 0 Å². The molecule has 2 nitrogen and oxygen atoms in total. The summed E-state index contributed by atoms with van der Waals surface area (Å²) in [7, 11) is 3.88. The number of aromatic nitrogens is 2. The molecule has 4 heteroatoms. The zero-order valence-electron chi connectivity index (χ0n) is 15.0. The van der Waals surface area contributed by atoms with E-state index in [0.29, 0.717) is 0 Å². The van der Waals surface area contributed by atoms with Crippen LogP contribution in [0.15, 0.2) is 35.5 Å². The number of imidazole rings is 1. The van der Waals surface area contributed by atoms with Crippen LogP contribution in [-0.4, -0.2) is 15.7 Å². The Bertz CT molecular complexity index is 567. The third kappa shape index (κ3) is 6.56. The van der Waals surface area contributed by atoms with Crippen LogP contribution in [0.25, 0.3) is 11.4 Å². The van der Waals surface area contributed by atoms with Gasteiger partial charge >= 0.3 is 0 Å². The molecule has 0 aliphatic carbocycles. The Morgan fingerprint density at radius 3 is 2.46 bits per heavy atom. The molecule has 2 rings (SSSR count). The Kier molecular flexibility index (Phi) is 9.44. The standard InChI is InChI=1S/C20H30N2S2/c1-3-4-5-6-7-8-9-10-16-23-24-19-17(2)12-11-13-18(19)20-21-14-15-22-20/h11-15H,3-10,16H2,1-2H3,(H,21,22). The highest BCUT2D eigenvalue weighted by atomic mass is 33.1. The van der Waals surface area contributed by atoms with E-state index in [4.69, 9.17) is 0 Å². The highest BCUT2D eigenvalue weighted by Gasteiger charge is 2.10. The zero-order chi connectivity index (χ0) is 17.0. The van der Waals surface area contributed by atoms with Crippen molar-refractivity contribution in [3.8, 4) is 11.4 Å². The minimum absolute atomic E-state index is 0.967. The summed E-state index contributed by atoms with van der Waals surface area (Å²) >= 11 is 0. The summed E-state index contributed by atoms with van der Waals surface area (Å²) in [6.07, 6.45) is 14.8. The molecular formula is C20H30N2S2. The summed E-state index contributed by atoms with van der Waals surface area (Å²) in [5.74, 6) is 2.19. The van der Waals surface area contributed by atoms with E-state index in [2.05, 4.69) is 42.0 Å². The molecule has 0 saturated carbocycles. The van der Waals surface area contributed by atoms with E-state index < -0.39 is 0 Å². The first kappa shape index (κ1) is 19.5. The second kappa shape index (κ2) is 11.6. The van der Waals surface area contributed by atoms with Crippen LogP contribution in [0.2, 0.25) is 0 Å². The number of hydrogen-bond donors (Lipinski definition) is 1. The number of nitrogens with zero attached hydrogens (tertiary/aromatic N) is 1. The van der Waals surface area contributed by atoms with E-state index in [-0.39, 0.29) is 0 Å². The van der Waals surface area contributed by atoms with Crippen LogP contribution in [0.3, 0.4) is 0 Å². The first-order chi connectivity index (χ1) is 11.8. The molecule has 2 aromatic rings. The maximum atomic E-state index is 4.41. The number of benzene rings is 1. The van der Waals surface area contributed by atoms with Crippen LogP contribution < -0.4 is 0 Å². The summed E-state index contributed by atoms with van der Waals surface area (Å²) in [4.78, 5) is 8.98. The number of nitrogens with one attached hydrogen (secondary N) is 1.